The van der Waals surface area contributed by atoms with Gasteiger partial charge in [-0.05, 0) is 40.2 Å². The molecule has 0 aromatic carbocycles. The van der Waals surface area contributed by atoms with Gasteiger partial charge in [0.25, 0.3) is 0 Å². The van der Waals surface area contributed by atoms with Crippen molar-refractivity contribution in [3.05, 3.63) is 0 Å². The predicted octanol–water partition coefficient (Wildman–Crippen LogP) is 1.53. The molecule has 2 N–H and O–H groups in total. The van der Waals surface area contributed by atoms with Crippen molar-refractivity contribution in [2.24, 2.45) is 5.73 Å². The van der Waals surface area contributed by atoms with Crippen LogP contribution in [-0.4, -0.2) is 41.6 Å². The maximum atomic E-state index is 12.1. The van der Waals surface area contributed by atoms with Crippen LogP contribution in [0.25, 0.3) is 0 Å². The van der Waals surface area contributed by atoms with Gasteiger partial charge in [-0.2, -0.15) is 0 Å². The van der Waals surface area contributed by atoms with E-state index in [1.54, 1.807) is 0 Å². The van der Waals surface area contributed by atoms with Gasteiger partial charge in [-0.15, -0.1) is 0 Å². The topological polar surface area (TPSA) is 55.6 Å². The summed E-state index contributed by atoms with van der Waals surface area (Å²) in [5, 5.41) is 0. The summed E-state index contributed by atoms with van der Waals surface area (Å²) in [7, 11) is 0. The van der Waals surface area contributed by atoms with Crippen LogP contribution in [0.15, 0.2) is 0 Å². The van der Waals surface area contributed by atoms with E-state index < -0.39 is 5.60 Å². The Morgan fingerprint density at radius 2 is 2.12 bits per heavy atom. The minimum absolute atomic E-state index is 0.101. The highest BCUT2D eigenvalue weighted by molar-refractivity contribution is 5.76. The second kappa shape index (κ2) is 5.83. The van der Waals surface area contributed by atoms with Crippen molar-refractivity contribution in [1.29, 1.82) is 0 Å². The largest absolute Gasteiger partial charge is 0.459 e. The summed E-state index contributed by atoms with van der Waals surface area (Å²) in [6, 6.07) is -0.0415. The lowest BCUT2D eigenvalue weighted by Gasteiger charge is -2.27. The first-order valence-electron chi connectivity index (χ1n) is 6.56. The van der Waals surface area contributed by atoms with E-state index in [1.807, 2.05) is 20.8 Å². The second-order valence-electron chi connectivity index (χ2n) is 5.89. The molecule has 0 spiro atoms. The molecule has 0 aromatic heterocycles. The monoisotopic (exact) mass is 242 g/mol. The van der Waals surface area contributed by atoms with E-state index in [1.165, 1.54) is 0 Å². The standard InChI is InChI=1S/C13H26N2O2/c1-5-6-7-15-9-10(14)8-11(15)12(16)17-13(2,3)4/h10-11H,5-9,14H2,1-4H3. The maximum Gasteiger partial charge on any atom is 0.323 e. The zero-order chi connectivity index (χ0) is 13.1. The van der Waals surface area contributed by atoms with Crippen molar-refractivity contribution in [2.75, 3.05) is 13.1 Å². The zero-order valence-electron chi connectivity index (χ0n) is 11.5. The average Bonchev–Trinajstić information content (AvgIpc) is 2.54. The van der Waals surface area contributed by atoms with E-state index in [4.69, 9.17) is 10.5 Å². The molecular weight excluding hydrogens is 216 g/mol. The number of hydrogen-bond acceptors (Lipinski definition) is 4. The number of unbranched alkanes of at least 4 members (excludes halogenated alkanes) is 1. The Labute approximate surface area is 104 Å². The Kier molecular flexibility index (Phi) is 4.95. The molecule has 1 aliphatic rings. The molecule has 1 saturated heterocycles. The van der Waals surface area contributed by atoms with Crippen LogP contribution in [0.4, 0.5) is 0 Å². The quantitative estimate of drug-likeness (QED) is 0.760. The summed E-state index contributed by atoms with van der Waals surface area (Å²) in [5.41, 5.74) is 5.52. The molecule has 4 heteroatoms. The molecule has 4 nitrogen and oxygen atoms in total. The molecule has 1 heterocycles. The van der Waals surface area contributed by atoms with Crippen molar-refractivity contribution in [2.45, 2.75) is 64.6 Å². The van der Waals surface area contributed by atoms with Gasteiger partial charge in [0.05, 0.1) is 0 Å². The van der Waals surface area contributed by atoms with Crippen LogP contribution in [-0.2, 0) is 9.53 Å². The molecule has 100 valence electrons. The number of carbonyl (C=O) groups is 1. The molecule has 0 saturated carbocycles. The summed E-state index contributed by atoms with van der Waals surface area (Å²) in [6.07, 6.45) is 2.96. The lowest BCUT2D eigenvalue weighted by atomic mass is 10.1. The first kappa shape index (κ1) is 14.5. The normalized spacial score (nSPS) is 26.2. The molecule has 2 atom stereocenters. The molecule has 1 fully saturated rings. The van der Waals surface area contributed by atoms with E-state index >= 15 is 0 Å². The van der Waals surface area contributed by atoms with Crippen LogP contribution in [0.5, 0.6) is 0 Å². The number of carbonyl (C=O) groups excluding carboxylic acids is 1. The molecule has 1 rings (SSSR count). The molecule has 0 bridgehead atoms. The number of esters is 1. The van der Waals surface area contributed by atoms with Gasteiger partial charge in [0, 0.05) is 12.6 Å². The SMILES string of the molecule is CCCCN1CC(N)CC1C(=O)OC(C)(C)C. The lowest BCUT2D eigenvalue weighted by molar-refractivity contribution is -0.160. The van der Waals surface area contributed by atoms with E-state index in [0.29, 0.717) is 0 Å². The Morgan fingerprint density at radius 3 is 2.65 bits per heavy atom. The Hall–Kier alpha value is -0.610. The van der Waals surface area contributed by atoms with Gasteiger partial charge < -0.3 is 10.5 Å². The fourth-order valence-corrected chi connectivity index (χ4v) is 2.16. The molecule has 0 aliphatic carbocycles. The third-order valence-electron chi connectivity index (χ3n) is 2.91. The first-order valence-corrected chi connectivity index (χ1v) is 6.56. The average molecular weight is 242 g/mol. The molecule has 2 unspecified atom stereocenters. The van der Waals surface area contributed by atoms with E-state index in [2.05, 4.69) is 11.8 Å². The van der Waals surface area contributed by atoms with Crippen molar-refractivity contribution in [3.63, 3.8) is 0 Å². The highest BCUT2D eigenvalue weighted by atomic mass is 16.6. The molecule has 0 aromatic rings. The molecular formula is C13H26N2O2. The van der Waals surface area contributed by atoms with Crippen molar-refractivity contribution in [1.82, 2.24) is 4.90 Å². The highest BCUT2D eigenvalue weighted by Crippen LogP contribution is 2.21. The van der Waals surface area contributed by atoms with Crippen molar-refractivity contribution in [3.8, 4) is 0 Å². The van der Waals surface area contributed by atoms with Gasteiger partial charge in [0.1, 0.15) is 11.6 Å². The van der Waals surface area contributed by atoms with Gasteiger partial charge in [0.2, 0.25) is 0 Å². The zero-order valence-corrected chi connectivity index (χ0v) is 11.5. The van der Waals surface area contributed by atoms with Crippen LogP contribution in [0.2, 0.25) is 0 Å². The van der Waals surface area contributed by atoms with Crippen LogP contribution in [0.1, 0.15) is 47.0 Å². The molecule has 17 heavy (non-hydrogen) atoms. The Bertz CT molecular complexity index is 261. The van der Waals surface area contributed by atoms with E-state index in [-0.39, 0.29) is 18.1 Å². The minimum Gasteiger partial charge on any atom is -0.459 e. The van der Waals surface area contributed by atoms with Gasteiger partial charge >= 0.3 is 5.97 Å². The molecule has 1 aliphatic heterocycles. The van der Waals surface area contributed by atoms with Crippen LogP contribution >= 0.6 is 0 Å². The number of nitrogens with zero attached hydrogens (tertiary/aromatic N) is 1. The number of likely N-dealkylation sites (tertiary alicyclic amines) is 1. The number of hydrogen-bond donors (Lipinski definition) is 1. The van der Waals surface area contributed by atoms with Gasteiger partial charge in [-0.3, -0.25) is 9.69 Å². The number of nitrogens with two attached hydrogens (primary N) is 1. The van der Waals surface area contributed by atoms with Crippen LogP contribution in [0.3, 0.4) is 0 Å². The minimum atomic E-state index is -0.416. The molecule has 0 amide bonds. The summed E-state index contributed by atoms with van der Waals surface area (Å²) in [4.78, 5) is 14.2. The fourth-order valence-electron chi connectivity index (χ4n) is 2.16. The van der Waals surface area contributed by atoms with Crippen molar-refractivity contribution < 1.29 is 9.53 Å². The third kappa shape index (κ3) is 4.64. The third-order valence-corrected chi connectivity index (χ3v) is 2.91. The van der Waals surface area contributed by atoms with Crippen LogP contribution in [0, 0.1) is 0 Å². The number of ether oxygens (including phenoxy) is 1. The van der Waals surface area contributed by atoms with Gasteiger partial charge in [-0.25, -0.2) is 0 Å². The smallest absolute Gasteiger partial charge is 0.323 e. The summed E-state index contributed by atoms with van der Waals surface area (Å²) >= 11 is 0. The van der Waals surface area contributed by atoms with Gasteiger partial charge in [-0.1, -0.05) is 13.3 Å². The number of rotatable bonds is 4. The van der Waals surface area contributed by atoms with Crippen molar-refractivity contribution >= 4 is 5.97 Å². The summed E-state index contributed by atoms with van der Waals surface area (Å²) in [6.45, 7) is 9.60. The van der Waals surface area contributed by atoms with E-state index in [9.17, 15) is 4.79 Å². The van der Waals surface area contributed by atoms with E-state index in [0.717, 1.165) is 32.4 Å². The highest BCUT2D eigenvalue weighted by Gasteiger charge is 2.37. The predicted molar refractivity (Wildman–Crippen MR) is 68.7 cm³/mol. The second-order valence-corrected chi connectivity index (χ2v) is 5.89. The fraction of sp³-hybridized carbons (Fsp3) is 0.923. The Balaban J connectivity index is 2.57. The maximum absolute atomic E-state index is 12.1. The molecule has 0 radical (unpaired) electrons. The summed E-state index contributed by atoms with van der Waals surface area (Å²) in [5.74, 6) is -0.124. The Morgan fingerprint density at radius 1 is 1.47 bits per heavy atom. The van der Waals surface area contributed by atoms with Gasteiger partial charge in [0.15, 0.2) is 0 Å². The van der Waals surface area contributed by atoms with Crippen LogP contribution < -0.4 is 5.73 Å². The lowest BCUT2D eigenvalue weighted by Crippen LogP contribution is -2.40. The summed E-state index contributed by atoms with van der Waals surface area (Å²) < 4.78 is 5.44. The first-order chi connectivity index (χ1) is 7.83.